The normalized spacial score (nSPS) is 15.6. The van der Waals surface area contributed by atoms with Crippen LogP contribution in [-0.4, -0.2) is 22.4 Å². The number of phosphoric ester groups is 1. The average molecular weight is 155 g/mol. The summed E-state index contributed by atoms with van der Waals surface area (Å²) < 4.78 is 14.0. The number of nitrogens with two attached hydrogens (primary N) is 1. The fourth-order valence-electron chi connectivity index (χ4n) is 0.215. The fraction of sp³-hybridized carbons (Fsp3) is 1.00. The van der Waals surface area contributed by atoms with Gasteiger partial charge in [-0.15, -0.1) is 0 Å². The van der Waals surface area contributed by atoms with E-state index in [1.54, 1.807) is 6.92 Å². The molecule has 0 fully saturated rings. The maximum atomic E-state index is 9.95. The smallest absolute Gasteiger partial charge is 0.326 e. The first-order chi connectivity index (χ1) is 3.92. The zero-order chi connectivity index (χ0) is 7.49. The summed E-state index contributed by atoms with van der Waals surface area (Å²) in [5.74, 6) is 0. The van der Waals surface area contributed by atoms with Gasteiger partial charge in [0.1, 0.15) is 0 Å². The van der Waals surface area contributed by atoms with Gasteiger partial charge in [-0.3, -0.25) is 4.52 Å². The van der Waals surface area contributed by atoms with Crippen molar-refractivity contribution >= 4 is 7.82 Å². The van der Waals surface area contributed by atoms with E-state index in [0.717, 1.165) is 0 Å². The summed E-state index contributed by atoms with van der Waals surface area (Å²) in [6.07, 6.45) is 0. The zero-order valence-corrected chi connectivity index (χ0v) is 5.91. The molecule has 56 valence electrons. The van der Waals surface area contributed by atoms with Crippen molar-refractivity contribution in [2.75, 3.05) is 6.61 Å². The van der Waals surface area contributed by atoms with Gasteiger partial charge >= 0.3 is 7.82 Å². The second-order valence-electron chi connectivity index (χ2n) is 1.76. The van der Waals surface area contributed by atoms with Crippen LogP contribution in [0.4, 0.5) is 0 Å². The molecule has 0 amide bonds. The van der Waals surface area contributed by atoms with E-state index in [4.69, 9.17) is 15.5 Å². The Morgan fingerprint density at radius 2 is 2.22 bits per heavy atom. The summed E-state index contributed by atoms with van der Waals surface area (Å²) in [7, 11) is -4.30. The first-order valence-electron chi connectivity index (χ1n) is 2.37. The molecule has 0 aliphatic rings. The Bertz CT molecular complexity index is 119. The van der Waals surface area contributed by atoms with E-state index in [2.05, 4.69) is 4.52 Å². The molecule has 0 aliphatic heterocycles. The Labute approximate surface area is 53.1 Å². The largest absolute Gasteiger partial charge is 0.469 e. The van der Waals surface area contributed by atoms with E-state index >= 15 is 0 Å². The average Bonchev–Trinajstić information content (AvgIpc) is 1.59. The molecule has 1 atom stereocenters. The van der Waals surface area contributed by atoms with Crippen molar-refractivity contribution in [3.63, 3.8) is 0 Å². The molecule has 9 heavy (non-hydrogen) atoms. The highest BCUT2D eigenvalue weighted by molar-refractivity contribution is 7.46. The van der Waals surface area contributed by atoms with Gasteiger partial charge in [0, 0.05) is 6.04 Å². The molecular formula is C3H10NO4P. The van der Waals surface area contributed by atoms with Crippen LogP contribution in [0.5, 0.6) is 0 Å². The Morgan fingerprint density at radius 1 is 1.78 bits per heavy atom. The van der Waals surface area contributed by atoms with Crippen molar-refractivity contribution < 1.29 is 18.9 Å². The Kier molecular flexibility index (Phi) is 3.32. The quantitative estimate of drug-likeness (QED) is 0.475. The van der Waals surface area contributed by atoms with E-state index in [-0.39, 0.29) is 12.6 Å². The number of rotatable bonds is 3. The first kappa shape index (κ1) is 9.07. The maximum Gasteiger partial charge on any atom is 0.469 e. The van der Waals surface area contributed by atoms with Gasteiger partial charge in [0.2, 0.25) is 0 Å². The van der Waals surface area contributed by atoms with Crippen LogP contribution in [0.2, 0.25) is 0 Å². The fourth-order valence-corrected chi connectivity index (χ4v) is 0.644. The molecule has 5 nitrogen and oxygen atoms in total. The molecule has 6 heteroatoms. The van der Waals surface area contributed by atoms with Crippen LogP contribution < -0.4 is 5.73 Å². The van der Waals surface area contributed by atoms with E-state index < -0.39 is 7.82 Å². The predicted molar refractivity (Wildman–Crippen MR) is 31.6 cm³/mol. The number of hydrogen-bond donors (Lipinski definition) is 3. The monoisotopic (exact) mass is 155 g/mol. The van der Waals surface area contributed by atoms with Crippen LogP contribution in [0.15, 0.2) is 0 Å². The topological polar surface area (TPSA) is 92.8 Å². The van der Waals surface area contributed by atoms with Crippen LogP contribution in [0, 0.1) is 0 Å². The van der Waals surface area contributed by atoms with Gasteiger partial charge in [-0.1, -0.05) is 0 Å². The van der Waals surface area contributed by atoms with Crippen molar-refractivity contribution in [3.8, 4) is 0 Å². The molecule has 0 spiro atoms. The lowest BCUT2D eigenvalue weighted by atomic mass is 10.4. The van der Waals surface area contributed by atoms with Crippen molar-refractivity contribution in [2.24, 2.45) is 5.73 Å². The Balaban J connectivity index is 3.40. The van der Waals surface area contributed by atoms with Gasteiger partial charge in [0.25, 0.3) is 0 Å². The third-order valence-electron chi connectivity index (χ3n) is 0.506. The number of phosphoric acid groups is 1. The van der Waals surface area contributed by atoms with Gasteiger partial charge in [0.05, 0.1) is 6.61 Å². The first-order valence-corrected chi connectivity index (χ1v) is 3.90. The molecule has 0 saturated carbocycles. The van der Waals surface area contributed by atoms with Crippen LogP contribution in [0.3, 0.4) is 0 Å². The molecule has 0 aliphatic carbocycles. The van der Waals surface area contributed by atoms with Gasteiger partial charge in [-0.2, -0.15) is 0 Å². The van der Waals surface area contributed by atoms with Crippen LogP contribution in [-0.2, 0) is 9.09 Å². The highest BCUT2D eigenvalue weighted by Crippen LogP contribution is 2.35. The molecule has 0 unspecified atom stereocenters. The van der Waals surface area contributed by atoms with Gasteiger partial charge in [-0.05, 0) is 6.92 Å². The Morgan fingerprint density at radius 3 is 2.33 bits per heavy atom. The lowest BCUT2D eigenvalue weighted by Crippen LogP contribution is -2.20. The van der Waals surface area contributed by atoms with Crippen molar-refractivity contribution in [2.45, 2.75) is 13.0 Å². The summed E-state index contributed by atoms with van der Waals surface area (Å²) >= 11 is 0. The van der Waals surface area contributed by atoms with E-state index in [0.29, 0.717) is 0 Å². The SMILES string of the molecule is C[C@@H](N)COP(=O)(O)O. The highest BCUT2D eigenvalue weighted by atomic mass is 31.2. The minimum absolute atomic E-state index is 0.121. The van der Waals surface area contributed by atoms with Gasteiger partial charge in [-0.25, -0.2) is 4.57 Å². The molecule has 0 rings (SSSR count). The predicted octanol–water partition coefficient (Wildman–Crippen LogP) is -0.557. The molecule has 0 saturated heterocycles. The summed E-state index contributed by atoms with van der Waals surface area (Å²) in [5.41, 5.74) is 5.13. The highest BCUT2D eigenvalue weighted by Gasteiger charge is 2.13. The molecule has 0 aromatic carbocycles. The lowest BCUT2D eigenvalue weighted by Gasteiger charge is -2.06. The molecule has 0 aromatic rings. The summed E-state index contributed by atoms with van der Waals surface area (Å²) in [5, 5.41) is 0. The van der Waals surface area contributed by atoms with Gasteiger partial charge in [0.15, 0.2) is 0 Å². The van der Waals surface area contributed by atoms with Crippen molar-refractivity contribution in [1.82, 2.24) is 0 Å². The molecule has 0 aromatic heterocycles. The molecule has 0 radical (unpaired) electrons. The Hall–Kier alpha value is 0.0700. The zero-order valence-electron chi connectivity index (χ0n) is 5.02. The summed E-state index contributed by atoms with van der Waals surface area (Å²) in [4.78, 5) is 16.2. The minimum Gasteiger partial charge on any atom is -0.326 e. The third kappa shape index (κ3) is 8.07. The second-order valence-corrected chi connectivity index (χ2v) is 3.00. The summed E-state index contributed by atoms with van der Waals surface area (Å²) in [6, 6.07) is -0.349. The lowest BCUT2D eigenvalue weighted by molar-refractivity contribution is 0.189. The minimum atomic E-state index is -4.30. The van der Waals surface area contributed by atoms with Crippen molar-refractivity contribution in [3.05, 3.63) is 0 Å². The van der Waals surface area contributed by atoms with Crippen molar-refractivity contribution in [1.29, 1.82) is 0 Å². The second kappa shape index (κ2) is 3.29. The van der Waals surface area contributed by atoms with Crippen LogP contribution in [0.25, 0.3) is 0 Å². The standard InChI is InChI=1S/C3H10NO4P/c1-3(4)2-8-9(5,6)7/h3H,2,4H2,1H3,(H2,5,6,7)/t3-/m1/s1. The van der Waals surface area contributed by atoms with Gasteiger partial charge < -0.3 is 15.5 Å². The third-order valence-corrected chi connectivity index (χ3v) is 0.991. The van der Waals surface area contributed by atoms with E-state index in [1.165, 1.54) is 0 Å². The molecule has 0 bridgehead atoms. The van der Waals surface area contributed by atoms with Crippen LogP contribution >= 0.6 is 7.82 Å². The molecular weight excluding hydrogens is 145 g/mol. The maximum absolute atomic E-state index is 9.95. The van der Waals surface area contributed by atoms with E-state index in [9.17, 15) is 4.57 Å². The number of hydrogen-bond acceptors (Lipinski definition) is 3. The summed E-state index contributed by atoms with van der Waals surface area (Å²) in [6.45, 7) is 1.47. The van der Waals surface area contributed by atoms with E-state index in [1.807, 2.05) is 0 Å². The van der Waals surface area contributed by atoms with Crippen LogP contribution in [0.1, 0.15) is 6.92 Å². The molecule has 0 heterocycles. The molecule has 4 N–H and O–H groups in total.